The summed E-state index contributed by atoms with van der Waals surface area (Å²) in [6, 6.07) is 0. The number of carboxylic acid groups (broad SMARTS) is 1. The molecule has 0 amide bonds. The van der Waals surface area contributed by atoms with E-state index in [1.165, 1.54) is 4.68 Å². The monoisotopic (exact) mass is 238 g/mol. The highest BCUT2D eigenvalue weighted by atomic mass is 16.4. The molecule has 1 aliphatic rings. The maximum Gasteiger partial charge on any atom is 0.303 e. The van der Waals surface area contributed by atoms with E-state index in [0.29, 0.717) is 18.2 Å². The van der Waals surface area contributed by atoms with Gasteiger partial charge in [-0.25, -0.2) is 4.68 Å². The Balaban J connectivity index is 2.15. The number of rotatable bonds is 4. The van der Waals surface area contributed by atoms with Crippen molar-refractivity contribution in [3.63, 3.8) is 0 Å². The highest BCUT2D eigenvalue weighted by Crippen LogP contribution is 2.43. The van der Waals surface area contributed by atoms with Crippen LogP contribution in [0.15, 0.2) is 0 Å². The first-order valence-electron chi connectivity index (χ1n) is 5.88. The van der Waals surface area contributed by atoms with Gasteiger partial charge in [-0.3, -0.25) is 4.79 Å². The number of hydrogen-bond donors (Lipinski definition) is 2. The predicted molar refractivity (Wildman–Crippen MR) is 62.3 cm³/mol. The summed E-state index contributed by atoms with van der Waals surface area (Å²) in [6.07, 6.45) is 4.88. The zero-order valence-electron chi connectivity index (χ0n) is 10.0. The van der Waals surface area contributed by atoms with Crippen molar-refractivity contribution in [1.29, 1.82) is 0 Å². The third-order valence-electron chi connectivity index (χ3n) is 3.56. The molecule has 1 aromatic rings. The molecule has 1 heterocycles. The van der Waals surface area contributed by atoms with Gasteiger partial charge in [0.1, 0.15) is 0 Å². The SMILES string of the molecule is Cn1nc(CC2(CC(=O)O)CCCC2)nc1N. The molecule has 6 heteroatoms. The van der Waals surface area contributed by atoms with Crippen molar-refractivity contribution in [1.82, 2.24) is 14.8 Å². The van der Waals surface area contributed by atoms with Crippen LogP contribution in [0.25, 0.3) is 0 Å². The lowest BCUT2D eigenvalue weighted by Crippen LogP contribution is -2.24. The lowest BCUT2D eigenvalue weighted by molar-refractivity contribution is -0.139. The Bertz CT molecular complexity index is 402. The Hall–Kier alpha value is -1.59. The van der Waals surface area contributed by atoms with E-state index in [-0.39, 0.29) is 11.8 Å². The Labute approximate surface area is 99.8 Å². The maximum absolute atomic E-state index is 11.0. The van der Waals surface area contributed by atoms with Crippen molar-refractivity contribution in [2.75, 3.05) is 5.73 Å². The van der Waals surface area contributed by atoms with Crippen LogP contribution in [0.4, 0.5) is 5.95 Å². The van der Waals surface area contributed by atoms with Gasteiger partial charge in [0.25, 0.3) is 0 Å². The van der Waals surface area contributed by atoms with Crippen molar-refractivity contribution in [2.24, 2.45) is 12.5 Å². The van der Waals surface area contributed by atoms with Crippen LogP contribution in [0.2, 0.25) is 0 Å². The van der Waals surface area contributed by atoms with Gasteiger partial charge >= 0.3 is 5.97 Å². The maximum atomic E-state index is 11.0. The van der Waals surface area contributed by atoms with Gasteiger partial charge in [-0.05, 0) is 18.3 Å². The minimum absolute atomic E-state index is 0.167. The Kier molecular flexibility index (Phi) is 3.04. The molecule has 0 aliphatic heterocycles. The van der Waals surface area contributed by atoms with E-state index < -0.39 is 5.97 Å². The Morgan fingerprint density at radius 1 is 1.53 bits per heavy atom. The molecule has 1 aliphatic carbocycles. The van der Waals surface area contributed by atoms with Gasteiger partial charge in [0.15, 0.2) is 5.82 Å². The number of nitrogens with zero attached hydrogens (tertiary/aromatic N) is 3. The molecule has 94 valence electrons. The lowest BCUT2D eigenvalue weighted by Gasteiger charge is -2.25. The third kappa shape index (κ3) is 2.57. The van der Waals surface area contributed by atoms with E-state index in [1.807, 2.05) is 0 Å². The number of aryl methyl sites for hydroxylation is 1. The first-order valence-corrected chi connectivity index (χ1v) is 5.88. The number of aliphatic carboxylic acids is 1. The van der Waals surface area contributed by atoms with Gasteiger partial charge < -0.3 is 10.8 Å². The molecule has 1 fully saturated rings. The molecule has 1 aromatic heterocycles. The van der Waals surface area contributed by atoms with Gasteiger partial charge in [-0.1, -0.05) is 12.8 Å². The summed E-state index contributed by atoms with van der Waals surface area (Å²) < 4.78 is 1.53. The van der Waals surface area contributed by atoms with Gasteiger partial charge in [0.2, 0.25) is 5.95 Å². The average Bonchev–Trinajstić information content (AvgIpc) is 2.75. The second-order valence-corrected chi connectivity index (χ2v) is 4.96. The summed E-state index contributed by atoms with van der Waals surface area (Å²) in [7, 11) is 1.74. The number of carboxylic acids is 1. The summed E-state index contributed by atoms with van der Waals surface area (Å²) in [6.45, 7) is 0. The van der Waals surface area contributed by atoms with Crippen LogP contribution in [0.1, 0.15) is 37.9 Å². The van der Waals surface area contributed by atoms with Crippen molar-refractivity contribution < 1.29 is 9.90 Å². The highest BCUT2D eigenvalue weighted by Gasteiger charge is 2.37. The first-order chi connectivity index (χ1) is 8.01. The quantitative estimate of drug-likeness (QED) is 0.815. The van der Waals surface area contributed by atoms with Gasteiger partial charge in [0, 0.05) is 13.5 Å². The molecule has 0 radical (unpaired) electrons. The zero-order chi connectivity index (χ0) is 12.5. The topological polar surface area (TPSA) is 94.0 Å². The zero-order valence-corrected chi connectivity index (χ0v) is 10.0. The van der Waals surface area contributed by atoms with Gasteiger partial charge in [-0.2, -0.15) is 10.1 Å². The minimum atomic E-state index is -0.740. The van der Waals surface area contributed by atoms with Crippen LogP contribution in [0.5, 0.6) is 0 Å². The van der Waals surface area contributed by atoms with Gasteiger partial charge in [-0.15, -0.1) is 0 Å². The number of anilines is 1. The Morgan fingerprint density at radius 3 is 2.65 bits per heavy atom. The first kappa shape index (κ1) is 11.9. The molecular weight excluding hydrogens is 220 g/mol. The molecule has 0 saturated heterocycles. The fourth-order valence-corrected chi connectivity index (χ4v) is 2.72. The molecule has 6 nitrogen and oxygen atoms in total. The van der Waals surface area contributed by atoms with Crippen LogP contribution in [0.3, 0.4) is 0 Å². The third-order valence-corrected chi connectivity index (χ3v) is 3.56. The molecule has 0 aromatic carbocycles. The fraction of sp³-hybridized carbons (Fsp3) is 0.727. The molecule has 0 atom stereocenters. The molecule has 2 rings (SSSR count). The number of nitrogen functional groups attached to an aromatic ring is 1. The standard InChI is InChI=1S/C11H18N4O2/c1-15-10(12)13-8(14-15)6-11(7-9(16)17)4-2-3-5-11/h2-7H2,1H3,(H,16,17)(H2,12,13,14). The Morgan fingerprint density at radius 2 is 2.18 bits per heavy atom. The minimum Gasteiger partial charge on any atom is -0.481 e. The number of nitrogens with two attached hydrogens (primary N) is 1. The molecule has 3 N–H and O–H groups in total. The summed E-state index contributed by atoms with van der Waals surface area (Å²) in [5, 5.41) is 13.2. The smallest absolute Gasteiger partial charge is 0.303 e. The summed E-state index contributed by atoms with van der Waals surface area (Å²) in [5.74, 6) is 0.299. The van der Waals surface area contributed by atoms with Crippen molar-refractivity contribution >= 4 is 11.9 Å². The number of aromatic nitrogens is 3. The lowest BCUT2D eigenvalue weighted by atomic mass is 9.79. The summed E-state index contributed by atoms with van der Waals surface area (Å²) in [5.41, 5.74) is 5.47. The van der Waals surface area contributed by atoms with Crippen molar-refractivity contribution in [3.05, 3.63) is 5.82 Å². The van der Waals surface area contributed by atoms with Crippen LogP contribution >= 0.6 is 0 Å². The van der Waals surface area contributed by atoms with Crippen LogP contribution in [-0.4, -0.2) is 25.8 Å². The van der Waals surface area contributed by atoms with Crippen LogP contribution < -0.4 is 5.73 Å². The summed E-state index contributed by atoms with van der Waals surface area (Å²) >= 11 is 0. The number of hydrogen-bond acceptors (Lipinski definition) is 4. The molecular formula is C11H18N4O2. The second kappa shape index (κ2) is 4.35. The average molecular weight is 238 g/mol. The van der Waals surface area contributed by atoms with E-state index in [1.54, 1.807) is 7.05 Å². The normalized spacial score (nSPS) is 18.4. The van der Waals surface area contributed by atoms with E-state index >= 15 is 0 Å². The van der Waals surface area contributed by atoms with E-state index in [9.17, 15) is 4.79 Å². The van der Waals surface area contributed by atoms with Gasteiger partial charge in [0.05, 0.1) is 6.42 Å². The number of carbonyl (C=O) groups is 1. The highest BCUT2D eigenvalue weighted by molar-refractivity contribution is 5.67. The van der Waals surface area contributed by atoms with Crippen LogP contribution in [-0.2, 0) is 18.3 Å². The van der Waals surface area contributed by atoms with E-state index in [2.05, 4.69) is 10.1 Å². The molecule has 0 spiro atoms. The molecule has 0 bridgehead atoms. The van der Waals surface area contributed by atoms with Crippen molar-refractivity contribution in [2.45, 2.75) is 38.5 Å². The summed E-state index contributed by atoms with van der Waals surface area (Å²) in [4.78, 5) is 15.1. The largest absolute Gasteiger partial charge is 0.481 e. The van der Waals surface area contributed by atoms with E-state index in [0.717, 1.165) is 25.7 Å². The molecule has 0 unspecified atom stereocenters. The van der Waals surface area contributed by atoms with Crippen LogP contribution in [0, 0.1) is 5.41 Å². The second-order valence-electron chi connectivity index (χ2n) is 4.96. The predicted octanol–water partition coefficient (Wildman–Crippen LogP) is 0.975. The molecule has 17 heavy (non-hydrogen) atoms. The molecule has 1 saturated carbocycles. The van der Waals surface area contributed by atoms with E-state index in [4.69, 9.17) is 10.8 Å². The van der Waals surface area contributed by atoms with Crippen molar-refractivity contribution in [3.8, 4) is 0 Å². The fourth-order valence-electron chi connectivity index (χ4n) is 2.72.